The van der Waals surface area contributed by atoms with E-state index in [4.69, 9.17) is 16.0 Å². The van der Waals surface area contributed by atoms with Gasteiger partial charge in [0.05, 0.1) is 13.5 Å². The Balaban J connectivity index is 2.58. The summed E-state index contributed by atoms with van der Waals surface area (Å²) in [7, 11) is 1.25. The smallest absolute Gasteiger partial charge is 0.308 e. The van der Waals surface area contributed by atoms with Crippen molar-refractivity contribution in [3.05, 3.63) is 23.1 Å². The molecule has 0 radical (unpaired) electrons. The zero-order chi connectivity index (χ0) is 9.84. The number of aliphatic hydroxyl groups excluding tert-OH is 1. The van der Waals surface area contributed by atoms with Crippen LogP contribution in [0, 0.1) is 0 Å². The van der Waals surface area contributed by atoms with Gasteiger partial charge >= 0.3 is 5.97 Å². The van der Waals surface area contributed by atoms with Gasteiger partial charge in [0.1, 0.15) is 11.9 Å². The number of ether oxygens (including phenoxy) is 1. The first-order valence-electron chi connectivity index (χ1n) is 3.63. The number of carbonyl (C=O) groups is 1. The number of halogens is 1. The van der Waals surface area contributed by atoms with Gasteiger partial charge in [0.15, 0.2) is 5.22 Å². The molecule has 4 nitrogen and oxygen atoms in total. The lowest BCUT2D eigenvalue weighted by molar-refractivity contribution is -0.143. The van der Waals surface area contributed by atoms with Gasteiger partial charge in [-0.3, -0.25) is 4.79 Å². The maximum atomic E-state index is 10.7. The predicted octanol–water partition coefficient (Wildman–Crippen LogP) is 1.53. The summed E-state index contributed by atoms with van der Waals surface area (Å²) in [5, 5.41) is 9.56. The molecular formula is C8H9ClO4. The molecule has 0 aliphatic rings. The van der Waals surface area contributed by atoms with Crippen LogP contribution in [-0.2, 0) is 9.53 Å². The maximum Gasteiger partial charge on any atom is 0.308 e. The Bertz CT molecular complexity index is 294. The number of carbonyl (C=O) groups excluding carboxylic acids is 1. The normalized spacial score (nSPS) is 12.5. The zero-order valence-corrected chi connectivity index (χ0v) is 7.75. The van der Waals surface area contributed by atoms with E-state index in [9.17, 15) is 9.90 Å². The average molecular weight is 205 g/mol. The fraction of sp³-hybridized carbons (Fsp3) is 0.375. The third-order valence-electron chi connectivity index (χ3n) is 1.51. The third-order valence-corrected chi connectivity index (χ3v) is 1.71. The molecule has 1 aromatic rings. The molecule has 1 heterocycles. The first-order chi connectivity index (χ1) is 6.13. The average Bonchev–Trinajstić information content (AvgIpc) is 2.51. The predicted molar refractivity (Wildman–Crippen MR) is 45.3 cm³/mol. The highest BCUT2D eigenvalue weighted by atomic mass is 35.5. The van der Waals surface area contributed by atoms with Gasteiger partial charge in [0.2, 0.25) is 0 Å². The lowest BCUT2D eigenvalue weighted by Crippen LogP contribution is -2.07. The van der Waals surface area contributed by atoms with Crippen molar-refractivity contribution < 1.29 is 19.1 Å². The highest BCUT2D eigenvalue weighted by Gasteiger charge is 2.16. The molecule has 5 heteroatoms. The summed E-state index contributed by atoms with van der Waals surface area (Å²) in [4.78, 5) is 10.7. The SMILES string of the molecule is COC(=O)C[C@@H](O)c1ccc(Cl)o1. The summed E-state index contributed by atoms with van der Waals surface area (Å²) in [6.45, 7) is 0. The Hall–Kier alpha value is -1.00. The standard InChI is InChI=1S/C8H9ClO4/c1-12-8(11)4-5(10)6-2-3-7(9)13-6/h2-3,5,10H,4H2,1H3/t5-/m1/s1. The minimum atomic E-state index is -1.00. The number of hydrogen-bond donors (Lipinski definition) is 1. The topological polar surface area (TPSA) is 59.7 Å². The monoisotopic (exact) mass is 204 g/mol. The molecule has 1 aromatic heterocycles. The number of esters is 1. The molecule has 0 saturated heterocycles. The van der Waals surface area contributed by atoms with Gasteiger partial charge in [-0.05, 0) is 23.7 Å². The minimum Gasteiger partial charge on any atom is -0.469 e. The number of methoxy groups -OCH3 is 1. The van der Waals surface area contributed by atoms with Crippen molar-refractivity contribution in [2.45, 2.75) is 12.5 Å². The van der Waals surface area contributed by atoms with Gasteiger partial charge in [0.25, 0.3) is 0 Å². The summed E-state index contributed by atoms with van der Waals surface area (Å²) < 4.78 is 9.27. The second-order valence-corrected chi connectivity index (χ2v) is 2.81. The molecule has 0 bridgehead atoms. The van der Waals surface area contributed by atoms with Gasteiger partial charge < -0.3 is 14.3 Å². The summed E-state index contributed by atoms with van der Waals surface area (Å²) >= 11 is 5.48. The lowest BCUT2D eigenvalue weighted by atomic mass is 10.2. The van der Waals surface area contributed by atoms with Crippen LogP contribution in [0.1, 0.15) is 18.3 Å². The van der Waals surface area contributed by atoms with Crippen molar-refractivity contribution in [2.24, 2.45) is 0 Å². The fourth-order valence-corrected chi connectivity index (χ4v) is 1.00. The van der Waals surface area contributed by atoms with Crippen LogP contribution >= 0.6 is 11.6 Å². The first-order valence-corrected chi connectivity index (χ1v) is 4.01. The molecule has 72 valence electrons. The summed E-state index contributed by atoms with van der Waals surface area (Å²) in [6, 6.07) is 3.01. The van der Waals surface area contributed by atoms with Crippen LogP contribution in [0.5, 0.6) is 0 Å². The summed E-state index contributed by atoms with van der Waals surface area (Å²) in [5.74, 6) is -0.240. The van der Waals surface area contributed by atoms with Gasteiger partial charge in [-0.25, -0.2) is 0 Å². The van der Waals surface area contributed by atoms with Crippen molar-refractivity contribution >= 4 is 17.6 Å². The Kier molecular flexibility index (Phi) is 3.33. The Morgan fingerprint density at radius 2 is 2.46 bits per heavy atom. The van der Waals surface area contributed by atoms with Crippen molar-refractivity contribution in [2.75, 3.05) is 7.11 Å². The third kappa shape index (κ3) is 2.75. The van der Waals surface area contributed by atoms with Crippen molar-refractivity contribution in [1.29, 1.82) is 0 Å². The van der Waals surface area contributed by atoms with Crippen LogP contribution in [0.3, 0.4) is 0 Å². The van der Waals surface area contributed by atoms with Gasteiger partial charge in [-0.1, -0.05) is 0 Å². The second-order valence-electron chi connectivity index (χ2n) is 2.44. The van der Waals surface area contributed by atoms with Crippen LogP contribution in [-0.4, -0.2) is 18.2 Å². The Morgan fingerprint density at radius 1 is 1.77 bits per heavy atom. The van der Waals surface area contributed by atoms with E-state index >= 15 is 0 Å². The molecule has 0 aliphatic heterocycles. The van der Waals surface area contributed by atoms with E-state index in [2.05, 4.69) is 4.74 Å². The summed E-state index contributed by atoms with van der Waals surface area (Å²) in [6.07, 6.45) is -1.14. The highest BCUT2D eigenvalue weighted by Crippen LogP contribution is 2.22. The Morgan fingerprint density at radius 3 is 2.92 bits per heavy atom. The van der Waals surface area contributed by atoms with E-state index in [-0.39, 0.29) is 17.4 Å². The quantitative estimate of drug-likeness (QED) is 0.759. The van der Waals surface area contributed by atoms with Crippen LogP contribution in [0.4, 0.5) is 0 Å². The minimum absolute atomic E-state index is 0.139. The number of rotatable bonds is 3. The molecule has 1 atom stereocenters. The van der Waals surface area contributed by atoms with Crippen molar-refractivity contribution in [1.82, 2.24) is 0 Å². The van der Waals surface area contributed by atoms with E-state index < -0.39 is 12.1 Å². The van der Waals surface area contributed by atoms with Crippen LogP contribution in [0.15, 0.2) is 16.5 Å². The molecule has 0 fully saturated rings. The van der Waals surface area contributed by atoms with Gasteiger partial charge in [-0.2, -0.15) is 0 Å². The molecule has 1 N–H and O–H groups in total. The Labute approximate surface area is 80.1 Å². The van der Waals surface area contributed by atoms with Crippen molar-refractivity contribution in [3.63, 3.8) is 0 Å². The molecule has 0 aliphatic carbocycles. The number of hydrogen-bond acceptors (Lipinski definition) is 4. The van der Waals surface area contributed by atoms with E-state index in [0.717, 1.165) is 0 Å². The van der Waals surface area contributed by atoms with Crippen LogP contribution in [0.25, 0.3) is 0 Å². The van der Waals surface area contributed by atoms with E-state index in [1.807, 2.05) is 0 Å². The van der Waals surface area contributed by atoms with E-state index in [1.54, 1.807) is 0 Å². The van der Waals surface area contributed by atoms with E-state index in [1.165, 1.54) is 19.2 Å². The number of aliphatic hydroxyl groups is 1. The zero-order valence-electron chi connectivity index (χ0n) is 6.99. The first kappa shape index (κ1) is 10.1. The largest absolute Gasteiger partial charge is 0.469 e. The molecule has 0 saturated carbocycles. The molecule has 0 amide bonds. The molecule has 0 unspecified atom stereocenters. The van der Waals surface area contributed by atoms with Gasteiger partial charge in [-0.15, -0.1) is 0 Å². The molecule has 13 heavy (non-hydrogen) atoms. The molecule has 0 aromatic carbocycles. The fourth-order valence-electron chi connectivity index (χ4n) is 0.849. The maximum absolute atomic E-state index is 10.7. The van der Waals surface area contributed by atoms with Crippen molar-refractivity contribution in [3.8, 4) is 0 Å². The van der Waals surface area contributed by atoms with Crippen LogP contribution in [0.2, 0.25) is 5.22 Å². The number of furan rings is 1. The van der Waals surface area contributed by atoms with E-state index in [0.29, 0.717) is 0 Å². The lowest BCUT2D eigenvalue weighted by Gasteiger charge is -2.04. The van der Waals surface area contributed by atoms with Gasteiger partial charge in [0, 0.05) is 0 Å². The molecule has 1 rings (SSSR count). The molecule has 0 spiro atoms. The highest BCUT2D eigenvalue weighted by molar-refractivity contribution is 6.28. The molecular weight excluding hydrogens is 196 g/mol. The van der Waals surface area contributed by atoms with Crippen LogP contribution < -0.4 is 0 Å². The summed E-state index contributed by atoms with van der Waals surface area (Å²) in [5.41, 5.74) is 0. The second kappa shape index (κ2) is 4.30.